The molecular weight excluding hydrogens is 456 g/mol. The van der Waals surface area contributed by atoms with E-state index in [1.165, 1.54) is 25.7 Å². The smallest absolute Gasteiger partial charge is 0.191 e. The minimum Gasteiger partial charge on any atom is -0.354 e. The van der Waals surface area contributed by atoms with E-state index in [2.05, 4.69) is 27.5 Å². The Morgan fingerprint density at radius 3 is 2.63 bits per heavy atom. The molecule has 0 atom stereocenters. The molecule has 1 aromatic heterocycles. The molecule has 1 fully saturated rings. The van der Waals surface area contributed by atoms with Crippen molar-refractivity contribution in [3.63, 3.8) is 0 Å². The van der Waals surface area contributed by atoms with Crippen LogP contribution in [0.3, 0.4) is 0 Å². The number of hydrogen-bond donors (Lipinski definition) is 2. The fourth-order valence-electron chi connectivity index (χ4n) is 3.47. The fourth-order valence-corrected chi connectivity index (χ4v) is 3.47. The number of aryl methyl sites for hydroxylation is 1. The van der Waals surface area contributed by atoms with E-state index in [-0.39, 0.29) is 29.8 Å². The summed E-state index contributed by atoms with van der Waals surface area (Å²) in [6.07, 6.45) is 8.31. The summed E-state index contributed by atoms with van der Waals surface area (Å²) in [7, 11) is 1.77. The van der Waals surface area contributed by atoms with Crippen LogP contribution in [0.4, 0.5) is 4.39 Å². The van der Waals surface area contributed by atoms with Crippen molar-refractivity contribution in [1.29, 1.82) is 0 Å². The molecule has 1 aromatic carbocycles. The molecule has 0 spiro atoms. The van der Waals surface area contributed by atoms with Crippen molar-refractivity contribution in [2.24, 2.45) is 10.9 Å². The Hall–Kier alpha value is -1.64. The van der Waals surface area contributed by atoms with Crippen LogP contribution >= 0.6 is 24.0 Å². The van der Waals surface area contributed by atoms with E-state index in [4.69, 9.17) is 0 Å². The van der Waals surface area contributed by atoms with E-state index >= 15 is 0 Å². The standard InChI is InChI=1S/C20H28FN5.HI/c1-14-4-7-17(8-5-14)25-20(22-3)24-13-16-6-9-19(18(21)12-16)26-11-10-23-15(26)2;/h6,9-12,14,17H,4-5,7-8,13H2,1-3H3,(H2,22,24,25);1H. The number of nitrogens with one attached hydrogen (secondary N) is 2. The average Bonchev–Trinajstić information content (AvgIpc) is 3.06. The molecule has 0 unspecified atom stereocenters. The number of nitrogens with zero attached hydrogens (tertiary/aromatic N) is 3. The number of imidazole rings is 1. The van der Waals surface area contributed by atoms with Crippen molar-refractivity contribution in [3.8, 4) is 5.69 Å². The molecule has 27 heavy (non-hydrogen) atoms. The fraction of sp³-hybridized carbons (Fsp3) is 0.500. The number of hydrogen-bond acceptors (Lipinski definition) is 2. The van der Waals surface area contributed by atoms with Crippen LogP contribution in [0.2, 0.25) is 0 Å². The van der Waals surface area contributed by atoms with Crippen molar-refractivity contribution >= 4 is 29.9 Å². The summed E-state index contributed by atoms with van der Waals surface area (Å²) in [4.78, 5) is 8.44. The number of rotatable bonds is 4. The van der Waals surface area contributed by atoms with Gasteiger partial charge < -0.3 is 15.2 Å². The predicted molar refractivity (Wildman–Crippen MR) is 118 cm³/mol. The zero-order valence-electron chi connectivity index (χ0n) is 16.2. The second-order valence-electron chi connectivity index (χ2n) is 7.16. The second kappa shape index (κ2) is 10.1. The number of benzene rings is 1. The van der Waals surface area contributed by atoms with Crippen LogP contribution in [0.15, 0.2) is 35.6 Å². The number of guanidine groups is 1. The maximum Gasteiger partial charge on any atom is 0.191 e. The molecule has 2 aromatic rings. The van der Waals surface area contributed by atoms with Crippen LogP contribution in [-0.4, -0.2) is 28.6 Å². The highest BCUT2D eigenvalue weighted by Gasteiger charge is 2.18. The Labute approximate surface area is 177 Å². The Bertz CT molecular complexity index is 765. The summed E-state index contributed by atoms with van der Waals surface area (Å²) >= 11 is 0. The minimum atomic E-state index is -0.255. The number of aliphatic imine (C=N–C) groups is 1. The van der Waals surface area contributed by atoms with Gasteiger partial charge in [-0.25, -0.2) is 9.37 Å². The monoisotopic (exact) mass is 485 g/mol. The lowest BCUT2D eigenvalue weighted by atomic mass is 9.87. The van der Waals surface area contributed by atoms with Gasteiger partial charge in [0.05, 0.1) is 5.69 Å². The normalized spacial score (nSPS) is 20.1. The van der Waals surface area contributed by atoms with Crippen LogP contribution in [0.25, 0.3) is 5.69 Å². The highest BCUT2D eigenvalue weighted by molar-refractivity contribution is 14.0. The zero-order chi connectivity index (χ0) is 18.5. The van der Waals surface area contributed by atoms with E-state index in [1.54, 1.807) is 36.1 Å². The van der Waals surface area contributed by atoms with Gasteiger partial charge >= 0.3 is 0 Å². The Kier molecular flexibility index (Phi) is 8.07. The Balaban J connectivity index is 0.00000261. The summed E-state index contributed by atoms with van der Waals surface area (Å²) in [5.41, 5.74) is 1.40. The molecule has 0 radical (unpaired) electrons. The molecule has 7 heteroatoms. The molecule has 0 saturated heterocycles. The molecule has 1 aliphatic carbocycles. The molecule has 0 aliphatic heterocycles. The first-order chi connectivity index (χ1) is 12.6. The molecule has 0 bridgehead atoms. The summed E-state index contributed by atoms with van der Waals surface area (Å²) in [6, 6.07) is 5.76. The van der Waals surface area contributed by atoms with Gasteiger partial charge in [-0.15, -0.1) is 24.0 Å². The van der Waals surface area contributed by atoms with E-state index in [0.29, 0.717) is 18.3 Å². The summed E-state index contributed by atoms with van der Waals surface area (Å²) in [5, 5.41) is 6.78. The van der Waals surface area contributed by atoms with Gasteiger partial charge in [-0.2, -0.15) is 0 Å². The summed E-state index contributed by atoms with van der Waals surface area (Å²) in [5.74, 6) is 2.11. The quantitative estimate of drug-likeness (QED) is 0.388. The van der Waals surface area contributed by atoms with Crippen LogP contribution < -0.4 is 10.6 Å². The first-order valence-electron chi connectivity index (χ1n) is 9.32. The third-order valence-electron chi connectivity index (χ3n) is 5.14. The van der Waals surface area contributed by atoms with Gasteiger partial charge in [0.2, 0.25) is 0 Å². The molecule has 0 amide bonds. The van der Waals surface area contributed by atoms with Crippen molar-refractivity contribution in [3.05, 3.63) is 47.8 Å². The van der Waals surface area contributed by atoms with Gasteiger partial charge in [0.1, 0.15) is 11.6 Å². The SMILES string of the molecule is CN=C(NCc1ccc(-n2ccnc2C)c(F)c1)NC1CCC(C)CC1.I. The minimum absolute atomic E-state index is 0. The molecule has 5 nitrogen and oxygen atoms in total. The molecule has 1 saturated carbocycles. The molecular formula is C20H29FIN5. The van der Waals surface area contributed by atoms with Crippen LogP contribution in [0.5, 0.6) is 0 Å². The van der Waals surface area contributed by atoms with Gasteiger partial charge in [-0.05, 0) is 56.2 Å². The highest BCUT2D eigenvalue weighted by Crippen LogP contribution is 2.23. The van der Waals surface area contributed by atoms with Gasteiger partial charge in [0.15, 0.2) is 5.96 Å². The third kappa shape index (κ3) is 5.67. The maximum absolute atomic E-state index is 14.5. The third-order valence-corrected chi connectivity index (χ3v) is 5.14. The molecule has 1 heterocycles. The largest absolute Gasteiger partial charge is 0.354 e. The van der Waals surface area contributed by atoms with Gasteiger partial charge in [0, 0.05) is 32.0 Å². The van der Waals surface area contributed by atoms with E-state index in [1.807, 2.05) is 13.0 Å². The first-order valence-corrected chi connectivity index (χ1v) is 9.32. The van der Waals surface area contributed by atoms with Gasteiger partial charge in [-0.1, -0.05) is 13.0 Å². The zero-order valence-corrected chi connectivity index (χ0v) is 18.5. The molecule has 1 aliphatic rings. The van der Waals surface area contributed by atoms with E-state index in [0.717, 1.165) is 23.3 Å². The summed E-state index contributed by atoms with van der Waals surface area (Å²) < 4.78 is 16.2. The lowest BCUT2D eigenvalue weighted by Crippen LogP contribution is -2.44. The van der Waals surface area contributed by atoms with Crippen LogP contribution in [0, 0.1) is 18.7 Å². The van der Waals surface area contributed by atoms with Gasteiger partial charge in [-0.3, -0.25) is 4.99 Å². The maximum atomic E-state index is 14.5. The highest BCUT2D eigenvalue weighted by atomic mass is 127. The Morgan fingerprint density at radius 1 is 1.30 bits per heavy atom. The molecule has 148 valence electrons. The van der Waals surface area contributed by atoms with E-state index < -0.39 is 0 Å². The van der Waals surface area contributed by atoms with Crippen molar-refractivity contribution in [1.82, 2.24) is 20.2 Å². The van der Waals surface area contributed by atoms with Crippen molar-refractivity contribution < 1.29 is 4.39 Å². The number of aromatic nitrogens is 2. The topological polar surface area (TPSA) is 54.2 Å². The molecule has 3 rings (SSSR count). The molecule has 2 N–H and O–H groups in total. The lowest BCUT2D eigenvalue weighted by Gasteiger charge is -2.28. The second-order valence-corrected chi connectivity index (χ2v) is 7.16. The first kappa shape index (κ1) is 21.7. The van der Waals surface area contributed by atoms with Crippen LogP contribution in [0.1, 0.15) is 44.0 Å². The van der Waals surface area contributed by atoms with Gasteiger partial charge in [0.25, 0.3) is 0 Å². The van der Waals surface area contributed by atoms with Crippen LogP contribution in [-0.2, 0) is 6.54 Å². The Morgan fingerprint density at radius 2 is 2.04 bits per heavy atom. The predicted octanol–water partition coefficient (Wildman–Crippen LogP) is 4.18. The lowest BCUT2D eigenvalue weighted by molar-refractivity contribution is 0.329. The van der Waals surface area contributed by atoms with Crippen molar-refractivity contribution in [2.75, 3.05) is 7.05 Å². The summed E-state index contributed by atoms with van der Waals surface area (Å²) in [6.45, 7) is 4.70. The van der Waals surface area contributed by atoms with Crippen molar-refractivity contribution in [2.45, 2.75) is 52.1 Å². The van der Waals surface area contributed by atoms with E-state index in [9.17, 15) is 4.39 Å². The average molecular weight is 485 g/mol. The number of halogens is 2.